The van der Waals surface area contributed by atoms with E-state index in [9.17, 15) is 14.4 Å². The third-order valence-electron chi connectivity index (χ3n) is 3.35. The van der Waals surface area contributed by atoms with Gasteiger partial charge in [-0.05, 0) is 5.53 Å². The Morgan fingerprint density at radius 2 is 1.62 bits per heavy atom. The van der Waals surface area contributed by atoms with Crippen molar-refractivity contribution >= 4 is 58.6 Å². The number of hydrogen-bond donors (Lipinski definition) is 1. The summed E-state index contributed by atoms with van der Waals surface area (Å²) in [5, 5.41) is 11.1. The highest BCUT2D eigenvalue weighted by atomic mass is 35.6. The topological polar surface area (TPSA) is 170 Å². The van der Waals surface area contributed by atoms with Gasteiger partial charge in [-0.15, -0.1) is 0 Å². The van der Waals surface area contributed by atoms with Crippen LogP contribution in [0.3, 0.4) is 0 Å². The number of rotatable bonds is 6. The van der Waals surface area contributed by atoms with Crippen LogP contribution in [-0.2, 0) is 38.1 Å². The number of hydrogen-bond acceptors (Lipinski definition) is 10. The molecule has 0 aromatic carbocycles. The molecule has 1 N–H and O–H groups in total. The number of carbonyl (C=O) groups excluding carboxylic acids is 3. The molecular weight excluding hydrogens is 459 g/mol. The van der Waals surface area contributed by atoms with Gasteiger partial charge in [-0.1, -0.05) is 39.9 Å². The summed E-state index contributed by atoms with van der Waals surface area (Å²) in [6, 6.07) is -1.45. The maximum atomic E-state index is 11.6. The van der Waals surface area contributed by atoms with Gasteiger partial charge in [-0.25, -0.2) is 0 Å². The Balaban J connectivity index is 3.35. The standard InChI is InChI=1S/C14H17Cl3N4O8/c1-5(22)25-4-8-10(26-6(2)23)11(27-7(3)24)9(20-21-19)12(28-8)29-13(18)14(15,16)17/h8-12,18H,4H2,1-3H3. The number of alkyl halides is 3. The first-order chi connectivity index (χ1) is 13.4. The molecule has 1 heterocycles. The minimum Gasteiger partial charge on any atom is -0.463 e. The second-order valence-electron chi connectivity index (χ2n) is 5.63. The lowest BCUT2D eigenvalue weighted by Crippen LogP contribution is -2.61. The molecule has 1 aliphatic rings. The zero-order valence-electron chi connectivity index (χ0n) is 15.3. The number of halogens is 3. The minimum absolute atomic E-state index is 0.449. The average Bonchev–Trinajstić information content (AvgIpc) is 2.56. The summed E-state index contributed by atoms with van der Waals surface area (Å²) in [6.07, 6.45) is -5.60. The Kier molecular flexibility index (Phi) is 9.24. The summed E-state index contributed by atoms with van der Waals surface area (Å²) in [5.74, 6) is -3.16. The van der Waals surface area contributed by atoms with E-state index in [2.05, 4.69) is 10.0 Å². The van der Waals surface area contributed by atoms with Crippen LogP contribution in [0.4, 0.5) is 0 Å². The fourth-order valence-electron chi connectivity index (χ4n) is 2.35. The van der Waals surface area contributed by atoms with Gasteiger partial charge in [0, 0.05) is 25.7 Å². The largest absolute Gasteiger partial charge is 0.463 e. The zero-order chi connectivity index (χ0) is 22.4. The lowest BCUT2D eigenvalue weighted by molar-refractivity contribution is -0.256. The Morgan fingerprint density at radius 3 is 2.07 bits per heavy atom. The quantitative estimate of drug-likeness (QED) is 0.0890. The Hall–Kier alpha value is -1.98. The zero-order valence-corrected chi connectivity index (χ0v) is 17.6. The van der Waals surface area contributed by atoms with Gasteiger partial charge in [0.15, 0.2) is 12.2 Å². The van der Waals surface area contributed by atoms with Gasteiger partial charge in [0.1, 0.15) is 18.8 Å². The predicted octanol–water partition coefficient (Wildman–Crippen LogP) is 2.18. The second-order valence-corrected chi connectivity index (χ2v) is 7.92. The van der Waals surface area contributed by atoms with E-state index >= 15 is 0 Å². The Bertz CT molecular complexity index is 709. The number of ether oxygens (including phenoxy) is 5. The first kappa shape index (κ1) is 25.1. The number of esters is 3. The summed E-state index contributed by atoms with van der Waals surface area (Å²) in [6.45, 7) is 2.82. The van der Waals surface area contributed by atoms with E-state index in [1.807, 2.05) is 0 Å². The predicted molar refractivity (Wildman–Crippen MR) is 98.4 cm³/mol. The molecule has 0 bridgehead atoms. The third kappa shape index (κ3) is 7.75. The van der Waals surface area contributed by atoms with Gasteiger partial charge >= 0.3 is 17.9 Å². The van der Waals surface area contributed by atoms with E-state index in [-0.39, 0.29) is 0 Å². The van der Waals surface area contributed by atoms with Crippen molar-refractivity contribution in [3.63, 3.8) is 0 Å². The summed E-state index contributed by atoms with van der Waals surface area (Å²) < 4.78 is 23.6. The molecule has 0 spiro atoms. The van der Waals surface area contributed by atoms with Crippen LogP contribution in [0.25, 0.3) is 10.4 Å². The smallest absolute Gasteiger partial charge is 0.303 e. The fourth-order valence-corrected chi connectivity index (χ4v) is 2.48. The highest BCUT2D eigenvalue weighted by molar-refractivity contribution is 6.76. The molecule has 162 valence electrons. The molecule has 0 amide bonds. The number of nitrogens with zero attached hydrogens (tertiary/aromatic N) is 3. The molecule has 0 aromatic heterocycles. The van der Waals surface area contributed by atoms with E-state index < -0.39 is 64.8 Å². The summed E-state index contributed by atoms with van der Waals surface area (Å²) >= 11 is 16.7. The van der Waals surface area contributed by atoms with Crippen LogP contribution < -0.4 is 0 Å². The molecule has 0 aromatic rings. The van der Waals surface area contributed by atoms with Crippen molar-refractivity contribution in [2.75, 3.05) is 6.61 Å². The van der Waals surface area contributed by atoms with Crippen LogP contribution in [0.5, 0.6) is 0 Å². The van der Waals surface area contributed by atoms with Crippen molar-refractivity contribution < 1.29 is 38.1 Å². The summed E-state index contributed by atoms with van der Waals surface area (Å²) in [4.78, 5) is 36.9. The number of nitrogens with one attached hydrogen (secondary N) is 1. The van der Waals surface area contributed by atoms with Crippen LogP contribution in [0.1, 0.15) is 20.8 Å². The molecule has 12 nitrogen and oxygen atoms in total. The number of azide groups is 1. The molecule has 0 saturated carbocycles. The second kappa shape index (κ2) is 10.7. The van der Waals surface area contributed by atoms with E-state index in [0.29, 0.717) is 0 Å². The molecule has 1 rings (SSSR count). The maximum Gasteiger partial charge on any atom is 0.303 e. The first-order valence-corrected chi connectivity index (χ1v) is 9.00. The van der Waals surface area contributed by atoms with Crippen LogP contribution in [-0.4, -0.2) is 64.8 Å². The lowest BCUT2D eigenvalue weighted by Gasteiger charge is -2.43. The normalized spacial score (nSPS) is 26.5. The maximum absolute atomic E-state index is 11.6. The van der Waals surface area contributed by atoms with Crippen molar-refractivity contribution in [1.29, 1.82) is 5.41 Å². The number of carbonyl (C=O) groups is 3. The molecule has 5 atom stereocenters. The van der Waals surface area contributed by atoms with Crippen LogP contribution in [0.15, 0.2) is 5.11 Å². The van der Waals surface area contributed by atoms with Gasteiger partial charge < -0.3 is 23.7 Å². The minimum atomic E-state index is -2.28. The van der Waals surface area contributed by atoms with Crippen molar-refractivity contribution in [3.05, 3.63) is 10.4 Å². The van der Waals surface area contributed by atoms with Crippen LogP contribution in [0.2, 0.25) is 0 Å². The summed E-state index contributed by atoms with van der Waals surface area (Å²) in [5.41, 5.74) is 8.89. The Morgan fingerprint density at radius 1 is 1.07 bits per heavy atom. The molecule has 29 heavy (non-hydrogen) atoms. The molecular formula is C14H17Cl3N4O8. The lowest BCUT2D eigenvalue weighted by atomic mass is 9.97. The van der Waals surface area contributed by atoms with Crippen LogP contribution >= 0.6 is 34.8 Å². The molecule has 1 fully saturated rings. The van der Waals surface area contributed by atoms with Gasteiger partial charge in [-0.3, -0.25) is 19.8 Å². The SMILES string of the molecule is CC(=O)OCC1OC(OC(=N)C(Cl)(Cl)Cl)C(N=[N+]=[N-])C(OC(C)=O)C1OC(C)=O. The van der Waals surface area contributed by atoms with E-state index in [4.69, 9.17) is 69.4 Å². The third-order valence-corrected chi connectivity index (χ3v) is 3.86. The molecule has 5 unspecified atom stereocenters. The molecule has 1 aliphatic heterocycles. The van der Waals surface area contributed by atoms with E-state index in [1.165, 1.54) is 0 Å². The van der Waals surface area contributed by atoms with Crippen molar-refractivity contribution in [1.82, 2.24) is 0 Å². The van der Waals surface area contributed by atoms with Crippen molar-refractivity contribution in [2.45, 2.75) is 55.2 Å². The summed E-state index contributed by atoms with van der Waals surface area (Å²) in [7, 11) is 0. The highest BCUT2D eigenvalue weighted by Crippen LogP contribution is 2.33. The fraction of sp³-hybridized carbons (Fsp3) is 0.714. The monoisotopic (exact) mass is 474 g/mol. The van der Waals surface area contributed by atoms with E-state index in [0.717, 1.165) is 20.8 Å². The van der Waals surface area contributed by atoms with Crippen LogP contribution in [0, 0.1) is 5.41 Å². The van der Waals surface area contributed by atoms with Gasteiger partial charge in [-0.2, -0.15) is 0 Å². The van der Waals surface area contributed by atoms with Gasteiger partial charge in [0.2, 0.25) is 12.2 Å². The Labute approximate surface area is 179 Å². The molecule has 15 heteroatoms. The molecule has 0 radical (unpaired) electrons. The van der Waals surface area contributed by atoms with Gasteiger partial charge in [0.25, 0.3) is 3.79 Å². The highest BCUT2D eigenvalue weighted by Gasteiger charge is 2.52. The van der Waals surface area contributed by atoms with Gasteiger partial charge in [0.05, 0.1) is 0 Å². The van der Waals surface area contributed by atoms with Crippen molar-refractivity contribution in [3.8, 4) is 0 Å². The van der Waals surface area contributed by atoms with Crippen molar-refractivity contribution in [2.24, 2.45) is 5.11 Å². The first-order valence-electron chi connectivity index (χ1n) is 7.86. The molecule has 0 aliphatic carbocycles. The average molecular weight is 476 g/mol. The van der Waals surface area contributed by atoms with E-state index in [1.54, 1.807) is 0 Å². The molecule has 1 saturated heterocycles.